The van der Waals surface area contributed by atoms with Gasteiger partial charge in [0, 0.05) is 23.5 Å². The molecule has 0 radical (unpaired) electrons. The summed E-state index contributed by atoms with van der Waals surface area (Å²) in [4.78, 5) is 12.1. The minimum atomic E-state index is -4.71. The number of halogens is 3. The van der Waals surface area contributed by atoms with Gasteiger partial charge < -0.3 is 14.8 Å². The van der Waals surface area contributed by atoms with Crippen molar-refractivity contribution in [3.05, 3.63) is 53.7 Å². The van der Waals surface area contributed by atoms with Crippen LogP contribution in [0.5, 0.6) is 11.8 Å². The first-order valence-corrected chi connectivity index (χ1v) is 8.19. The Hall–Kier alpha value is -3.36. The van der Waals surface area contributed by atoms with E-state index in [2.05, 4.69) is 20.3 Å². The van der Waals surface area contributed by atoms with E-state index in [-0.39, 0.29) is 5.82 Å². The van der Waals surface area contributed by atoms with Gasteiger partial charge in [-0.1, -0.05) is 17.7 Å². The SMILES string of the molecule is COc1ccc(-c2nc(Nc3ccc(C)cc3)c(C(F)(F)F)c(OC)n2)cn1. The Morgan fingerprint density at radius 3 is 2.18 bits per heavy atom. The van der Waals surface area contributed by atoms with E-state index in [1.54, 1.807) is 36.4 Å². The molecule has 0 aliphatic carbocycles. The van der Waals surface area contributed by atoms with Crippen LogP contribution in [0.4, 0.5) is 24.7 Å². The maximum atomic E-state index is 13.7. The maximum Gasteiger partial charge on any atom is 0.425 e. The molecule has 0 aliphatic heterocycles. The van der Waals surface area contributed by atoms with Gasteiger partial charge in [-0.05, 0) is 25.1 Å². The zero-order chi connectivity index (χ0) is 20.3. The molecule has 3 aromatic rings. The Balaban J connectivity index is 2.13. The Kier molecular flexibility index (Phi) is 5.34. The van der Waals surface area contributed by atoms with Crippen LogP contribution in [0.15, 0.2) is 42.6 Å². The summed E-state index contributed by atoms with van der Waals surface area (Å²) in [5, 5.41) is 2.72. The number of hydrogen-bond acceptors (Lipinski definition) is 6. The summed E-state index contributed by atoms with van der Waals surface area (Å²) < 4.78 is 50.9. The van der Waals surface area contributed by atoms with Gasteiger partial charge >= 0.3 is 6.18 Å². The van der Waals surface area contributed by atoms with E-state index in [4.69, 9.17) is 9.47 Å². The van der Waals surface area contributed by atoms with E-state index in [9.17, 15) is 13.2 Å². The third kappa shape index (κ3) is 4.13. The van der Waals surface area contributed by atoms with Gasteiger partial charge in [0.05, 0.1) is 14.2 Å². The number of alkyl halides is 3. The van der Waals surface area contributed by atoms with Gasteiger partial charge in [-0.2, -0.15) is 18.2 Å². The zero-order valence-corrected chi connectivity index (χ0v) is 15.3. The van der Waals surface area contributed by atoms with Crippen LogP contribution in [0.2, 0.25) is 0 Å². The van der Waals surface area contributed by atoms with Crippen molar-refractivity contribution in [1.29, 1.82) is 0 Å². The minimum Gasteiger partial charge on any atom is -0.481 e. The van der Waals surface area contributed by atoms with Crippen molar-refractivity contribution in [3.63, 3.8) is 0 Å². The van der Waals surface area contributed by atoms with E-state index in [0.717, 1.165) is 12.7 Å². The third-order valence-corrected chi connectivity index (χ3v) is 3.87. The predicted molar refractivity (Wildman–Crippen MR) is 97.8 cm³/mol. The smallest absolute Gasteiger partial charge is 0.425 e. The molecule has 6 nitrogen and oxygen atoms in total. The first-order chi connectivity index (χ1) is 13.3. The number of ether oxygens (including phenoxy) is 2. The predicted octanol–water partition coefficient (Wildman–Crippen LogP) is 4.63. The van der Waals surface area contributed by atoms with Gasteiger partial charge in [0.2, 0.25) is 11.8 Å². The largest absolute Gasteiger partial charge is 0.481 e. The molecule has 1 aromatic carbocycles. The van der Waals surface area contributed by atoms with Crippen molar-refractivity contribution in [2.24, 2.45) is 0 Å². The summed E-state index contributed by atoms with van der Waals surface area (Å²) in [6, 6.07) is 10.1. The van der Waals surface area contributed by atoms with Gasteiger partial charge in [-0.25, -0.2) is 9.97 Å². The summed E-state index contributed by atoms with van der Waals surface area (Å²) in [6.07, 6.45) is -3.30. The molecule has 28 heavy (non-hydrogen) atoms. The quantitative estimate of drug-likeness (QED) is 0.685. The number of aryl methyl sites for hydroxylation is 1. The molecule has 9 heteroatoms. The molecule has 0 spiro atoms. The average molecular weight is 390 g/mol. The number of pyridine rings is 1. The number of methoxy groups -OCH3 is 2. The number of nitrogens with zero attached hydrogens (tertiary/aromatic N) is 3. The fourth-order valence-electron chi connectivity index (χ4n) is 2.47. The van der Waals surface area contributed by atoms with Crippen LogP contribution in [0, 0.1) is 6.92 Å². The second kappa shape index (κ2) is 7.71. The van der Waals surface area contributed by atoms with Gasteiger partial charge in [0.25, 0.3) is 0 Å². The summed E-state index contributed by atoms with van der Waals surface area (Å²) in [6.45, 7) is 1.88. The van der Waals surface area contributed by atoms with Crippen LogP contribution in [-0.2, 0) is 6.18 Å². The second-order valence-electron chi connectivity index (χ2n) is 5.86. The summed E-state index contributed by atoms with van der Waals surface area (Å²) in [5.74, 6) is -0.591. The minimum absolute atomic E-state index is 0.0367. The van der Waals surface area contributed by atoms with Crippen molar-refractivity contribution < 1.29 is 22.6 Å². The Bertz CT molecular complexity index is 959. The normalized spacial score (nSPS) is 11.2. The van der Waals surface area contributed by atoms with Gasteiger partial charge in [0.15, 0.2) is 17.2 Å². The van der Waals surface area contributed by atoms with Crippen LogP contribution in [-0.4, -0.2) is 29.2 Å². The molecule has 0 saturated carbocycles. The first kappa shape index (κ1) is 19.4. The molecule has 146 valence electrons. The lowest BCUT2D eigenvalue weighted by molar-refractivity contribution is -0.138. The molecule has 0 saturated heterocycles. The molecule has 0 bridgehead atoms. The molecule has 0 fully saturated rings. The molecule has 1 N–H and O–H groups in total. The van der Waals surface area contributed by atoms with Crippen LogP contribution >= 0.6 is 0 Å². The number of aromatic nitrogens is 3. The lowest BCUT2D eigenvalue weighted by Crippen LogP contribution is -2.14. The fourth-order valence-corrected chi connectivity index (χ4v) is 2.47. The van der Waals surface area contributed by atoms with Crippen LogP contribution < -0.4 is 14.8 Å². The van der Waals surface area contributed by atoms with Gasteiger partial charge in [0.1, 0.15) is 0 Å². The third-order valence-electron chi connectivity index (χ3n) is 3.87. The molecular formula is C19H17F3N4O2. The molecular weight excluding hydrogens is 373 g/mol. The number of nitrogens with one attached hydrogen (secondary N) is 1. The van der Waals surface area contributed by atoms with Crippen LogP contribution in [0.1, 0.15) is 11.1 Å². The zero-order valence-electron chi connectivity index (χ0n) is 15.3. The lowest BCUT2D eigenvalue weighted by atomic mass is 10.2. The number of hydrogen-bond donors (Lipinski definition) is 1. The lowest BCUT2D eigenvalue weighted by Gasteiger charge is -2.17. The summed E-state index contributed by atoms with van der Waals surface area (Å²) >= 11 is 0. The fraction of sp³-hybridized carbons (Fsp3) is 0.211. The molecule has 2 heterocycles. The van der Waals surface area contributed by atoms with Crippen molar-refractivity contribution in [2.75, 3.05) is 19.5 Å². The molecule has 0 unspecified atom stereocenters. The molecule has 3 rings (SSSR count). The van der Waals surface area contributed by atoms with E-state index in [0.29, 0.717) is 17.1 Å². The Morgan fingerprint density at radius 1 is 0.929 bits per heavy atom. The molecule has 0 aliphatic rings. The number of anilines is 2. The first-order valence-electron chi connectivity index (χ1n) is 8.19. The van der Waals surface area contributed by atoms with Crippen molar-refractivity contribution >= 4 is 11.5 Å². The van der Waals surface area contributed by atoms with E-state index in [1.807, 2.05) is 6.92 Å². The molecule has 0 atom stereocenters. The topological polar surface area (TPSA) is 69.2 Å². The Morgan fingerprint density at radius 2 is 1.64 bits per heavy atom. The van der Waals surface area contributed by atoms with E-state index in [1.165, 1.54) is 13.3 Å². The van der Waals surface area contributed by atoms with Crippen LogP contribution in [0.3, 0.4) is 0 Å². The highest BCUT2D eigenvalue weighted by Gasteiger charge is 2.40. The highest BCUT2D eigenvalue weighted by atomic mass is 19.4. The molecule has 2 aromatic heterocycles. The Labute approximate surface area is 159 Å². The maximum absolute atomic E-state index is 13.7. The van der Waals surface area contributed by atoms with Crippen molar-refractivity contribution in [2.45, 2.75) is 13.1 Å². The molecule has 0 amide bonds. The monoisotopic (exact) mass is 390 g/mol. The highest BCUT2D eigenvalue weighted by molar-refractivity contribution is 5.66. The van der Waals surface area contributed by atoms with Crippen molar-refractivity contribution in [1.82, 2.24) is 15.0 Å². The van der Waals surface area contributed by atoms with E-state index >= 15 is 0 Å². The van der Waals surface area contributed by atoms with Crippen molar-refractivity contribution in [3.8, 4) is 23.1 Å². The number of rotatable bonds is 5. The number of benzene rings is 1. The summed E-state index contributed by atoms with van der Waals surface area (Å²) in [7, 11) is 2.59. The summed E-state index contributed by atoms with van der Waals surface area (Å²) in [5.41, 5.74) is 0.767. The highest BCUT2D eigenvalue weighted by Crippen LogP contribution is 2.41. The van der Waals surface area contributed by atoms with E-state index < -0.39 is 23.4 Å². The standard InChI is InChI=1S/C19H17F3N4O2/c1-11-4-7-13(8-5-11)24-17-15(19(20,21)22)18(28-3)26-16(25-17)12-6-9-14(27-2)23-10-12/h4-10H,1-3H3,(H,24,25,26). The second-order valence-corrected chi connectivity index (χ2v) is 5.86. The van der Waals surface area contributed by atoms with Crippen LogP contribution in [0.25, 0.3) is 11.4 Å². The van der Waals surface area contributed by atoms with Gasteiger partial charge in [-0.3, -0.25) is 0 Å². The average Bonchev–Trinajstić information content (AvgIpc) is 2.68. The van der Waals surface area contributed by atoms with Gasteiger partial charge in [-0.15, -0.1) is 0 Å².